The molecule has 0 saturated carbocycles. The highest BCUT2D eigenvalue weighted by Gasteiger charge is 2.15. The lowest BCUT2D eigenvalue weighted by Gasteiger charge is -2.13. The molecule has 7 nitrogen and oxygen atoms in total. The molecule has 4 aromatic rings. The number of nitrogens with one attached hydrogen (secondary N) is 2. The highest BCUT2D eigenvalue weighted by atomic mass is 32.2. The lowest BCUT2D eigenvalue weighted by Crippen LogP contribution is -2.34. The van der Waals surface area contributed by atoms with Gasteiger partial charge in [0.15, 0.2) is 5.16 Å². The van der Waals surface area contributed by atoms with E-state index >= 15 is 0 Å². The van der Waals surface area contributed by atoms with Crippen LogP contribution >= 0.6 is 23.1 Å². The Labute approximate surface area is 181 Å². The zero-order chi connectivity index (χ0) is 21.3. The Morgan fingerprint density at radius 2 is 1.80 bits per heavy atom. The molecule has 0 radical (unpaired) electrons. The van der Waals surface area contributed by atoms with Crippen LogP contribution in [-0.2, 0) is 9.59 Å². The van der Waals surface area contributed by atoms with Gasteiger partial charge in [0.25, 0.3) is 0 Å². The van der Waals surface area contributed by atoms with Crippen molar-refractivity contribution in [2.24, 2.45) is 0 Å². The lowest BCUT2D eigenvalue weighted by atomic mass is 10.1. The number of aryl methyl sites for hydroxylation is 3. The van der Waals surface area contributed by atoms with E-state index in [1.54, 1.807) is 11.3 Å². The predicted octanol–water partition coefficient (Wildman–Crippen LogP) is 3.72. The van der Waals surface area contributed by atoms with Gasteiger partial charge in [-0.15, -0.1) is 10.2 Å². The number of rotatable bonds is 6. The molecule has 2 heterocycles. The van der Waals surface area contributed by atoms with Crippen LogP contribution in [0, 0.1) is 20.8 Å². The van der Waals surface area contributed by atoms with Crippen LogP contribution in [0.1, 0.15) is 16.7 Å². The highest BCUT2D eigenvalue weighted by molar-refractivity contribution is 7.99. The molecule has 0 aliphatic carbocycles. The van der Waals surface area contributed by atoms with Crippen molar-refractivity contribution in [3.05, 3.63) is 53.1 Å². The summed E-state index contributed by atoms with van der Waals surface area (Å²) >= 11 is 2.86. The van der Waals surface area contributed by atoms with Crippen LogP contribution in [-0.4, -0.2) is 38.7 Å². The van der Waals surface area contributed by atoms with E-state index in [0.717, 1.165) is 37.6 Å². The van der Waals surface area contributed by atoms with Crippen LogP contribution < -0.4 is 10.6 Å². The third-order valence-corrected chi connectivity index (χ3v) is 6.57. The van der Waals surface area contributed by atoms with Gasteiger partial charge in [-0.1, -0.05) is 52.9 Å². The van der Waals surface area contributed by atoms with E-state index in [2.05, 4.69) is 20.8 Å². The summed E-state index contributed by atoms with van der Waals surface area (Å²) in [6, 6.07) is 12.0. The molecule has 2 N–H and O–H groups in total. The molecule has 0 aliphatic heterocycles. The second kappa shape index (κ2) is 8.45. The van der Waals surface area contributed by atoms with Crippen LogP contribution in [0.3, 0.4) is 0 Å². The fourth-order valence-electron chi connectivity index (χ4n) is 3.37. The molecule has 30 heavy (non-hydrogen) atoms. The number of thioether (sulfide) groups is 1. The second-order valence-corrected chi connectivity index (χ2v) is 9.01. The summed E-state index contributed by atoms with van der Waals surface area (Å²) in [6.45, 7) is 5.85. The molecular weight excluding hydrogens is 418 g/mol. The fourth-order valence-corrected chi connectivity index (χ4v) is 5.17. The number of carbonyl (C=O) groups is 2. The largest absolute Gasteiger partial charge is 0.346 e. The predicted molar refractivity (Wildman–Crippen MR) is 121 cm³/mol. The van der Waals surface area contributed by atoms with Gasteiger partial charge in [-0.05, 0) is 44.0 Å². The standard InChI is InChI=1S/C21H21N5O2S2/c1-12-8-13(2)19(14(3)9-12)23-17(27)10-22-18(28)11-29-20-24-25-21-26(20)15-6-4-5-7-16(15)30-21/h4-9H,10-11H2,1-3H3,(H,22,28)(H,23,27). The molecule has 0 aliphatic rings. The number of anilines is 1. The molecule has 2 aromatic heterocycles. The number of amides is 2. The first-order valence-electron chi connectivity index (χ1n) is 9.42. The van der Waals surface area contributed by atoms with Gasteiger partial charge in [0, 0.05) is 5.69 Å². The highest BCUT2D eigenvalue weighted by Crippen LogP contribution is 2.29. The van der Waals surface area contributed by atoms with Crippen LogP contribution in [0.15, 0.2) is 41.6 Å². The number of carbonyl (C=O) groups excluding carboxylic acids is 2. The van der Waals surface area contributed by atoms with E-state index < -0.39 is 0 Å². The Bertz CT molecular complexity index is 1240. The maximum absolute atomic E-state index is 12.3. The summed E-state index contributed by atoms with van der Waals surface area (Å²) in [7, 11) is 0. The topological polar surface area (TPSA) is 88.4 Å². The normalized spacial score (nSPS) is 11.2. The Kier molecular flexibility index (Phi) is 5.74. The van der Waals surface area contributed by atoms with Gasteiger partial charge in [0.2, 0.25) is 16.8 Å². The monoisotopic (exact) mass is 439 g/mol. The van der Waals surface area contributed by atoms with Crippen molar-refractivity contribution in [1.82, 2.24) is 19.9 Å². The van der Waals surface area contributed by atoms with Gasteiger partial charge >= 0.3 is 0 Å². The number of benzene rings is 2. The molecule has 0 saturated heterocycles. The molecule has 9 heteroatoms. The third-order valence-electron chi connectivity index (χ3n) is 4.63. The Morgan fingerprint density at radius 1 is 1.07 bits per heavy atom. The molecule has 0 atom stereocenters. The summed E-state index contributed by atoms with van der Waals surface area (Å²) in [4.78, 5) is 25.3. The Balaban J connectivity index is 1.33. The van der Waals surface area contributed by atoms with Crippen LogP contribution in [0.25, 0.3) is 15.2 Å². The average Bonchev–Trinajstić information content (AvgIpc) is 3.26. The van der Waals surface area contributed by atoms with Crippen LogP contribution in [0.2, 0.25) is 0 Å². The SMILES string of the molecule is Cc1cc(C)c(NC(=O)CNC(=O)CSc2nnc3sc4ccccc4n23)c(C)c1. The minimum atomic E-state index is -0.253. The van der Waals surface area contributed by atoms with E-state index in [9.17, 15) is 9.59 Å². The number of nitrogens with zero attached hydrogens (tertiary/aromatic N) is 3. The molecular formula is C21H21N5O2S2. The van der Waals surface area contributed by atoms with E-state index in [-0.39, 0.29) is 24.1 Å². The van der Waals surface area contributed by atoms with Crippen molar-refractivity contribution in [3.63, 3.8) is 0 Å². The number of aromatic nitrogens is 3. The van der Waals surface area contributed by atoms with Crippen molar-refractivity contribution >= 4 is 55.8 Å². The second-order valence-electron chi connectivity index (χ2n) is 7.06. The summed E-state index contributed by atoms with van der Waals surface area (Å²) in [5.74, 6) is -0.332. The zero-order valence-corrected chi connectivity index (χ0v) is 18.5. The first-order chi connectivity index (χ1) is 14.4. The smallest absolute Gasteiger partial charge is 0.243 e. The van der Waals surface area contributed by atoms with Gasteiger partial charge in [-0.3, -0.25) is 14.0 Å². The van der Waals surface area contributed by atoms with Crippen LogP contribution in [0.5, 0.6) is 0 Å². The van der Waals surface area contributed by atoms with Gasteiger partial charge in [-0.25, -0.2) is 0 Å². The molecule has 4 rings (SSSR count). The fraction of sp³-hybridized carbons (Fsp3) is 0.238. The van der Waals surface area contributed by atoms with Gasteiger partial charge in [-0.2, -0.15) is 0 Å². The third kappa shape index (κ3) is 4.17. The van der Waals surface area contributed by atoms with Crippen molar-refractivity contribution in [3.8, 4) is 0 Å². The van der Waals surface area contributed by atoms with Crippen molar-refractivity contribution in [2.45, 2.75) is 25.9 Å². The van der Waals surface area contributed by atoms with E-state index in [4.69, 9.17) is 0 Å². The Morgan fingerprint density at radius 3 is 2.57 bits per heavy atom. The maximum Gasteiger partial charge on any atom is 0.243 e. The summed E-state index contributed by atoms with van der Waals surface area (Å²) in [6.07, 6.45) is 0. The number of thiazole rings is 1. The summed E-state index contributed by atoms with van der Waals surface area (Å²) < 4.78 is 3.07. The first kappa shape index (κ1) is 20.4. The minimum absolute atomic E-state index is 0.0806. The van der Waals surface area contributed by atoms with Crippen molar-refractivity contribution in [1.29, 1.82) is 0 Å². The quantitative estimate of drug-likeness (QED) is 0.447. The molecule has 2 amide bonds. The molecule has 0 bridgehead atoms. The average molecular weight is 440 g/mol. The minimum Gasteiger partial charge on any atom is -0.346 e. The van der Waals surface area contributed by atoms with Crippen molar-refractivity contribution < 1.29 is 9.59 Å². The zero-order valence-electron chi connectivity index (χ0n) is 16.9. The maximum atomic E-state index is 12.3. The molecule has 0 spiro atoms. The number of hydrogen-bond donors (Lipinski definition) is 2. The molecule has 0 fully saturated rings. The molecule has 2 aromatic carbocycles. The molecule has 154 valence electrons. The molecule has 0 unspecified atom stereocenters. The van der Waals surface area contributed by atoms with Crippen molar-refractivity contribution in [2.75, 3.05) is 17.6 Å². The Hall–Kier alpha value is -2.91. The van der Waals surface area contributed by atoms with E-state index in [1.165, 1.54) is 11.8 Å². The van der Waals surface area contributed by atoms with Gasteiger partial charge in [0.05, 0.1) is 22.5 Å². The number of hydrogen-bond acceptors (Lipinski definition) is 6. The number of para-hydroxylation sites is 1. The van der Waals surface area contributed by atoms with E-state index in [0.29, 0.717) is 5.16 Å². The van der Waals surface area contributed by atoms with Crippen LogP contribution in [0.4, 0.5) is 5.69 Å². The van der Waals surface area contributed by atoms with Gasteiger partial charge in [0.1, 0.15) is 0 Å². The summed E-state index contributed by atoms with van der Waals surface area (Å²) in [5.41, 5.74) is 4.97. The van der Waals surface area contributed by atoms with E-state index in [1.807, 2.05) is 61.6 Å². The first-order valence-corrected chi connectivity index (χ1v) is 11.2. The lowest BCUT2D eigenvalue weighted by molar-refractivity contribution is -0.122. The van der Waals surface area contributed by atoms with Gasteiger partial charge < -0.3 is 10.6 Å². The number of fused-ring (bicyclic) bond motifs is 3. The summed E-state index contributed by atoms with van der Waals surface area (Å²) in [5, 5.41) is 14.6.